The predicted octanol–water partition coefficient (Wildman–Crippen LogP) is 3.98. The molecule has 1 amide bonds. The molecule has 33 heavy (non-hydrogen) atoms. The lowest BCUT2D eigenvalue weighted by atomic mass is 10.1. The second-order valence-corrected chi connectivity index (χ2v) is 8.34. The van der Waals surface area contributed by atoms with Crippen molar-refractivity contribution in [3.05, 3.63) is 64.2 Å². The van der Waals surface area contributed by atoms with Crippen molar-refractivity contribution in [1.29, 1.82) is 0 Å². The van der Waals surface area contributed by atoms with Gasteiger partial charge in [-0.3, -0.25) is 4.90 Å². The molecule has 1 atom stereocenters. The zero-order valence-corrected chi connectivity index (χ0v) is 19.3. The lowest BCUT2D eigenvalue weighted by molar-refractivity contribution is 0.109. The number of aromatic nitrogens is 3. The molecule has 2 aromatic heterocycles. The number of ether oxygens (including phenoxy) is 1. The maximum atomic E-state index is 11.5. The van der Waals surface area contributed by atoms with Crippen molar-refractivity contribution in [3.63, 3.8) is 0 Å². The highest BCUT2D eigenvalue weighted by atomic mass is 35.5. The van der Waals surface area contributed by atoms with E-state index in [1.165, 1.54) is 17.3 Å². The summed E-state index contributed by atoms with van der Waals surface area (Å²) in [5.74, 6) is 1.15. The van der Waals surface area contributed by atoms with Gasteiger partial charge in [-0.2, -0.15) is 0 Å². The Kier molecular flexibility index (Phi) is 7.24. The summed E-state index contributed by atoms with van der Waals surface area (Å²) in [6, 6.07) is 8.52. The molecule has 9 nitrogen and oxygen atoms in total. The van der Waals surface area contributed by atoms with Gasteiger partial charge in [0.15, 0.2) is 11.6 Å². The highest BCUT2D eigenvalue weighted by Gasteiger charge is 2.29. The number of halogens is 2. The number of hydrogen-bond donors (Lipinski definition) is 3. The molecule has 172 valence electrons. The molecule has 3 heterocycles. The molecule has 11 heteroatoms. The second kappa shape index (κ2) is 10.3. The van der Waals surface area contributed by atoms with Crippen molar-refractivity contribution in [2.24, 2.45) is 0 Å². The topological polar surface area (TPSA) is 113 Å². The van der Waals surface area contributed by atoms with E-state index in [4.69, 9.17) is 27.9 Å². The third-order valence-corrected chi connectivity index (χ3v) is 5.49. The Bertz CT molecular complexity index is 1130. The molecule has 0 radical (unpaired) electrons. The summed E-state index contributed by atoms with van der Waals surface area (Å²) >= 11 is 12.3. The largest absolute Gasteiger partial charge is 0.465 e. The van der Waals surface area contributed by atoms with Crippen LogP contribution >= 0.6 is 23.2 Å². The minimum atomic E-state index is -0.996. The number of hydrogen-bond acceptors (Lipinski definition) is 7. The van der Waals surface area contributed by atoms with E-state index in [0.717, 1.165) is 11.1 Å². The number of carboxylic acid groups (broad SMARTS) is 1. The number of nitrogens with one attached hydrogen (secondary N) is 2. The smallest absolute Gasteiger partial charge is 0.408 e. The Morgan fingerprint density at radius 3 is 2.61 bits per heavy atom. The number of benzene rings is 1. The van der Waals surface area contributed by atoms with Crippen LogP contribution in [0.3, 0.4) is 0 Å². The van der Waals surface area contributed by atoms with Crippen molar-refractivity contribution >= 4 is 29.3 Å². The second-order valence-electron chi connectivity index (χ2n) is 7.46. The normalized spacial score (nSPS) is 16.0. The quantitative estimate of drug-likeness (QED) is 0.477. The summed E-state index contributed by atoms with van der Waals surface area (Å²) in [7, 11) is 1.85. The average Bonchev–Trinajstić information content (AvgIpc) is 2.79. The minimum Gasteiger partial charge on any atom is -0.465 e. The van der Waals surface area contributed by atoms with Gasteiger partial charge in [-0.25, -0.2) is 19.7 Å². The van der Waals surface area contributed by atoms with Crippen molar-refractivity contribution in [2.75, 3.05) is 26.7 Å². The summed E-state index contributed by atoms with van der Waals surface area (Å²) in [6.07, 6.45) is 2.03. The first-order valence-electron chi connectivity index (χ1n) is 10.2. The highest BCUT2D eigenvalue weighted by Crippen LogP contribution is 2.30. The lowest BCUT2D eigenvalue weighted by Crippen LogP contribution is -2.48. The highest BCUT2D eigenvalue weighted by molar-refractivity contribution is 6.35. The molecule has 0 bridgehead atoms. The molecular weight excluding hydrogens is 467 g/mol. The van der Waals surface area contributed by atoms with E-state index in [0.29, 0.717) is 59.4 Å². The van der Waals surface area contributed by atoms with Crippen molar-refractivity contribution in [1.82, 2.24) is 30.5 Å². The Balaban J connectivity index is 1.59. The van der Waals surface area contributed by atoms with E-state index >= 15 is 0 Å². The Morgan fingerprint density at radius 2 is 1.94 bits per heavy atom. The molecule has 4 rings (SSSR count). The van der Waals surface area contributed by atoms with Crippen LogP contribution in [0.25, 0.3) is 11.3 Å². The summed E-state index contributed by atoms with van der Waals surface area (Å²) in [4.78, 5) is 26.1. The van der Waals surface area contributed by atoms with E-state index in [1.54, 1.807) is 18.2 Å². The van der Waals surface area contributed by atoms with Crippen molar-refractivity contribution in [2.45, 2.75) is 12.6 Å². The van der Waals surface area contributed by atoms with Crippen LogP contribution in [-0.2, 0) is 6.54 Å². The fraction of sp³-hybridized carbons (Fsp3) is 0.273. The van der Waals surface area contributed by atoms with Gasteiger partial charge in [0.05, 0.1) is 18.1 Å². The molecule has 3 aromatic rings. The number of carbonyl (C=O) groups is 1. The van der Waals surface area contributed by atoms with Crippen LogP contribution in [0.1, 0.15) is 17.4 Å². The maximum absolute atomic E-state index is 11.5. The number of rotatable bonds is 6. The van der Waals surface area contributed by atoms with Crippen LogP contribution in [0.15, 0.2) is 42.7 Å². The summed E-state index contributed by atoms with van der Waals surface area (Å²) in [5.41, 5.74) is 2.38. The predicted molar refractivity (Wildman–Crippen MR) is 125 cm³/mol. The molecule has 0 spiro atoms. The molecule has 1 saturated heterocycles. The first kappa shape index (κ1) is 23.2. The summed E-state index contributed by atoms with van der Waals surface area (Å²) in [5, 5.41) is 16.7. The summed E-state index contributed by atoms with van der Waals surface area (Å²) < 4.78 is 5.93. The first-order chi connectivity index (χ1) is 15.9. The van der Waals surface area contributed by atoms with Crippen LogP contribution in [0.2, 0.25) is 10.0 Å². The van der Waals surface area contributed by atoms with Gasteiger partial charge in [0, 0.05) is 47.9 Å². The molecule has 1 aliphatic heterocycles. The Morgan fingerprint density at radius 1 is 1.21 bits per heavy atom. The van der Waals surface area contributed by atoms with Gasteiger partial charge in [0.2, 0.25) is 5.88 Å². The van der Waals surface area contributed by atoms with E-state index in [-0.39, 0.29) is 0 Å². The lowest BCUT2D eigenvalue weighted by Gasteiger charge is -2.32. The van der Waals surface area contributed by atoms with Gasteiger partial charge in [-0.05, 0) is 36.9 Å². The van der Waals surface area contributed by atoms with E-state index in [2.05, 4.69) is 25.6 Å². The first-order valence-corrected chi connectivity index (χ1v) is 11.0. The third-order valence-electron chi connectivity index (χ3n) is 5.06. The number of amides is 1. The molecule has 1 unspecified atom stereocenters. The Labute approximate surface area is 200 Å². The average molecular weight is 489 g/mol. The van der Waals surface area contributed by atoms with Crippen LogP contribution < -0.4 is 15.4 Å². The van der Waals surface area contributed by atoms with Gasteiger partial charge in [0.25, 0.3) is 0 Å². The van der Waals surface area contributed by atoms with Gasteiger partial charge < -0.3 is 20.5 Å². The van der Waals surface area contributed by atoms with Gasteiger partial charge >= 0.3 is 6.09 Å². The van der Waals surface area contributed by atoms with E-state index in [9.17, 15) is 9.90 Å². The van der Waals surface area contributed by atoms with Gasteiger partial charge in [0.1, 0.15) is 6.04 Å². The third kappa shape index (κ3) is 5.69. The standard InChI is InChI=1S/C22H22Cl2N6O3/c1-25-9-13-4-18(14-6-15(23)8-16(24)7-14)29-20(5-13)33-17-10-27-21(28-11-17)19-12-26-2-3-30(19)22(31)32/h4-8,10-11,19,25-26H,2-3,9,12H2,1H3,(H,31,32). The van der Waals surface area contributed by atoms with E-state index in [1.807, 2.05) is 19.2 Å². The molecule has 0 aliphatic carbocycles. The zero-order valence-electron chi connectivity index (χ0n) is 17.8. The van der Waals surface area contributed by atoms with Gasteiger partial charge in [-0.15, -0.1) is 0 Å². The maximum Gasteiger partial charge on any atom is 0.408 e. The SMILES string of the molecule is CNCc1cc(Oc2cnc(C3CNCCN3C(=O)O)nc2)nc(-c2cc(Cl)cc(Cl)c2)c1. The summed E-state index contributed by atoms with van der Waals surface area (Å²) in [6.45, 7) is 2.03. The number of pyridine rings is 1. The molecule has 1 aliphatic rings. The van der Waals surface area contributed by atoms with Gasteiger partial charge in [-0.1, -0.05) is 23.2 Å². The molecule has 1 aromatic carbocycles. The van der Waals surface area contributed by atoms with E-state index < -0.39 is 12.1 Å². The fourth-order valence-corrected chi connectivity index (χ4v) is 4.13. The van der Waals surface area contributed by atoms with Crippen molar-refractivity contribution < 1.29 is 14.6 Å². The number of nitrogens with zero attached hydrogens (tertiary/aromatic N) is 4. The minimum absolute atomic E-state index is 0.358. The van der Waals surface area contributed by atoms with Crippen LogP contribution in [-0.4, -0.2) is 57.7 Å². The van der Waals surface area contributed by atoms with Crippen molar-refractivity contribution in [3.8, 4) is 22.9 Å². The van der Waals surface area contributed by atoms with Crippen LogP contribution in [0.5, 0.6) is 11.6 Å². The molecule has 0 saturated carbocycles. The zero-order chi connectivity index (χ0) is 23.4. The molecule has 3 N–H and O–H groups in total. The Hall–Kier alpha value is -2.98. The molecule has 1 fully saturated rings. The monoisotopic (exact) mass is 488 g/mol. The van der Waals surface area contributed by atoms with Crippen LogP contribution in [0.4, 0.5) is 4.79 Å². The molecular formula is C22H22Cl2N6O3. The fourth-order valence-electron chi connectivity index (χ4n) is 3.60. The number of piperazine rings is 1. The van der Waals surface area contributed by atoms with Crippen LogP contribution in [0, 0.1) is 0 Å².